The number of esters is 1. The number of carbonyl (C=O) groups is 2. The maximum absolute atomic E-state index is 12.0. The Morgan fingerprint density at radius 2 is 1.84 bits per heavy atom. The van der Waals surface area contributed by atoms with E-state index in [0.29, 0.717) is 13.0 Å². The Labute approximate surface area is 146 Å². The van der Waals surface area contributed by atoms with Crippen LogP contribution in [0.1, 0.15) is 28.8 Å². The maximum Gasteiger partial charge on any atom is 0.341 e. The largest absolute Gasteiger partial charge is 0.505 e. The molecule has 0 aliphatic rings. The number of nitrogens with one attached hydrogen (secondary N) is 1. The number of rotatable bonds is 7. The Kier molecular flexibility index (Phi) is 6.39. The molecule has 0 fully saturated rings. The lowest BCUT2D eigenvalue weighted by Crippen LogP contribution is -2.13. The summed E-state index contributed by atoms with van der Waals surface area (Å²) in [5.41, 5.74) is 1.33. The molecule has 0 unspecified atom stereocenters. The van der Waals surface area contributed by atoms with Crippen molar-refractivity contribution in [1.29, 1.82) is 0 Å². The Balaban J connectivity index is 1.82. The number of hydrogen-bond donors (Lipinski definition) is 2. The smallest absolute Gasteiger partial charge is 0.341 e. The van der Waals surface area contributed by atoms with Gasteiger partial charge in [0.15, 0.2) is 5.75 Å². The number of aryl methyl sites for hydroxylation is 1. The number of hydrogen-bond acceptors (Lipinski definition) is 5. The van der Waals surface area contributed by atoms with E-state index in [0.717, 1.165) is 11.3 Å². The van der Waals surface area contributed by atoms with Crippen LogP contribution in [-0.2, 0) is 9.53 Å². The average molecular weight is 343 g/mol. The van der Waals surface area contributed by atoms with Crippen LogP contribution in [0.15, 0.2) is 42.5 Å². The molecule has 0 bridgehead atoms. The van der Waals surface area contributed by atoms with Crippen molar-refractivity contribution in [3.63, 3.8) is 0 Å². The number of phenols is 1. The second kappa shape index (κ2) is 8.73. The highest BCUT2D eigenvalue weighted by molar-refractivity contribution is 5.98. The predicted octanol–water partition coefficient (Wildman–Crippen LogP) is 3.28. The van der Waals surface area contributed by atoms with E-state index in [1.807, 2.05) is 31.2 Å². The van der Waals surface area contributed by atoms with Crippen LogP contribution >= 0.6 is 0 Å². The van der Waals surface area contributed by atoms with Gasteiger partial charge in [0.2, 0.25) is 5.91 Å². The van der Waals surface area contributed by atoms with Crippen LogP contribution in [0.5, 0.6) is 11.5 Å². The van der Waals surface area contributed by atoms with Gasteiger partial charge in [0.25, 0.3) is 0 Å². The van der Waals surface area contributed by atoms with Crippen molar-refractivity contribution < 1.29 is 24.2 Å². The third-order valence-electron chi connectivity index (χ3n) is 3.55. The number of benzene rings is 2. The Morgan fingerprint density at radius 1 is 1.12 bits per heavy atom. The van der Waals surface area contributed by atoms with Gasteiger partial charge in [0, 0.05) is 6.42 Å². The topological polar surface area (TPSA) is 84.9 Å². The number of ether oxygens (including phenoxy) is 2. The number of aromatic hydroxyl groups is 1. The number of anilines is 1. The number of methoxy groups -OCH3 is 1. The summed E-state index contributed by atoms with van der Waals surface area (Å²) in [6.45, 7) is 2.41. The molecule has 2 rings (SSSR count). The molecular formula is C19H21NO5. The first-order valence-corrected chi connectivity index (χ1v) is 7.91. The number of carbonyl (C=O) groups excluding carboxylic acids is 2. The molecular weight excluding hydrogens is 322 g/mol. The first-order valence-electron chi connectivity index (χ1n) is 7.91. The van der Waals surface area contributed by atoms with Gasteiger partial charge in [-0.15, -0.1) is 0 Å². The monoisotopic (exact) mass is 343 g/mol. The molecule has 2 aromatic rings. The number of phenolic OH excluding ortho intramolecular Hbond substituents is 1. The van der Waals surface area contributed by atoms with Crippen molar-refractivity contribution in [2.45, 2.75) is 19.8 Å². The highest BCUT2D eigenvalue weighted by atomic mass is 16.5. The van der Waals surface area contributed by atoms with E-state index < -0.39 is 5.97 Å². The SMILES string of the molecule is COC(=O)c1cccc(NC(=O)CCCOc2ccc(C)cc2)c1O. The van der Waals surface area contributed by atoms with Gasteiger partial charge in [-0.2, -0.15) is 0 Å². The fraction of sp³-hybridized carbons (Fsp3) is 0.263. The molecule has 0 aliphatic heterocycles. The fourth-order valence-corrected chi connectivity index (χ4v) is 2.19. The minimum atomic E-state index is -0.667. The summed E-state index contributed by atoms with van der Waals surface area (Å²) < 4.78 is 10.1. The molecule has 0 aromatic heterocycles. The molecule has 0 atom stereocenters. The molecule has 0 heterocycles. The van der Waals surface area contributed by atoms with E-state index in [1.165, 1.54) is 19.2 Å². The first kappa shape index (κ1) is 18.3. The van der Waals surface area contributed by atoms with Crippen molar-refractivity contribution in [3.05, 3.63) is 53.6 Å². The lowest BCUT2D eigenvalue weighted by Gasteiger charge is -2.10. The van der Waals surface area contributed by atoms with Gasteiger partial charge >= 0.3 is 5.97 Å². The van der Waals surface area contributed by atoms with Crippen LogP contribution in [0.3, 0.4) is 0 Å². The summed E-state index contributed by atoms with van der Waals surface area (Å²) >= 11 is 0. The van der Waals surface area contributed by atoms with Gasteiger partial charge in [-0.3, -0.25) is 4.79 Å². The lowest BCUT2D eigenvalue weighted by atomic mass is 10.1. The van der Waals surface area contributed by atoms with Crippen molar-refractivity contribution in [2.75, 3.05) is 19.0 Å². The van der Waals surface area contributed by atoms with E-state index >= 15 is 0 Å². The molecule has 2 aromatic carbocycles. The summed E-state index contributed by atoms with van der Waals surface area (Å²) in [7, 11) is 1.22. The molecule has 6 nitrogen and oxygen atoms in total. The van der Waals surface area contributed by atoms with Gasteiger partial charge in [-0.05, 0) is 37.6 Å². The summed E-state index contributed by atoms with van der Waals surface area (Å²) in [6.07, 6.45) is 0.755. The van der Waals surface area contributed by atoms with E-state index in [1.54, 1.807) is 6.07 Å². The number of amides is 1. The van der Waals surface area contributed by atoms with Crippen molar-refractivity contribution in [2.24, 2.45) is 0 Å². The fourth-order valence-electron chi connectivity index (χ4n) is 2.19. The van der Waals surface area contributed by atoms with E-state index in [2.05, 4.69) is 10.1 Å². The highest BCUT2D eigenvalue weighted by Gasteiger charge is 2.15. The minimum absolute atomic E-state index is 0.00278. The van der Waals surface area contributed by atoms with Crippen LogP contribution in [0.2, 0.25) is 0 Å². The molecule has 0 spiro atoms. The van der Waals surface area contributed by atoms with Crippen molar-refractivity contribution in [3.8, 4) is 11.5 Å². The third-order valence-corrected chi connectivity index (χ3v) is 3.55. The molecule has 25 heavy (non-hydrogen) atoms. The predicted molar refractivity (Wildman–Crippen MR) is 94.0 cm³/mol. The van der Waals surface area contributed by atoms with Gasteiger partial charge in [-0.1, -0.05) is 23.8 Å². The molecule has 2 N–H and O–H groups in total. The average Bonchev–Trinajstić information content (AvgIpc) is 2.61. The minimum Gasteiger partial charge on any atom is -0.505 e. The van der Waals surface area contributed by atoms with E-state index in [9.17, 15) is 14.7 Å². The zero-order valence-corrected chi connectivity index (χ0v) is 14.2. The number of para-hydroxylation sites is 1. The Hall–Kier alpha value is -3.02. The normalized spacial score (nSPS) is 10.2. The van der Waals surface area contributed by atoms with Crippen LogP contribution < -0.4 is 10.1 Å². The zero-order valence-electron chi connectivity index (χ0n) is 14.2. The summed E-state index contributed by atoms with van der Waals surface area (Å²) in [5.74, 6) is -0.488. The first-order chi connectivity index (χ1) is 12.0. The van der Waals surface area contributed by atoms with E-state index in [-0.39, 0.29) is 29.3 Å². The highest BCUT2D eigenvalue weighted by Crippen LogP contribution is 2.28. The third kappa shape index (κ3) is 5.24. The van der Waals surface area contributed by atoms with Crippen LogP contribution in [-0.4, -0.2) is 30.7 Å². The van der Waals surface area contributed by atoms with Crippen LogP contribution in [0, 0.1) is 6.92 Å². The molecule has 0 aliphatic carbocycles. The van der Waals surface area contributed by atoms with Crippen LogP contribution in [0.25, 0.3) is 0 Å². The molecule has 0 saturated heterocycles. The lowest BCUT2D eigenvalue weighted by molar-refractivity contribution is -0.116. The Morgan fingerprint density at radius 3 is 2.52 bits per heavy atom. The maximum atomic E-state index is 12.0. The van der Waals surface area contributed by atoms with Crippen molar-refractivity contribution >= 4 is 17.6 Å². The summed E-state index contributed by atoms with van der Waals surface area (Å²) in [6, 6.07) is 12.2. The second-order valence-electron chi connectivity index (χ2n) is 5.51. The second-order valence-corrected chi connectivity index (χ2v) is 5.51. The van der Waals surface area contributed by atoms with Gasteiger partial charge in [0.1, 0.15) is 11.3 Å². The molecule has 132 valence electrons. The van der Waals surface area contributed by atoms with E-state index in [4.69, 9.17) is 4.74 Å². The van der Waals surface area contributed by atoms with Gasteiger partial charge in [-0.25, -0.2) is 4.79 Å². The van der Waals surface area contributed by atoms with Gasteiger partial charge in [0.05, 0.1) is 19.4 Å². The Bertz CT molecular complexity index is 740. The quantitative estimate of drug-likeness (QED) is 0.458. The molecule has 0 saturated carbocycles. The van der Waals surface area contributed by atoms with Crippen LogP contribution in [0.4, 0.5) is 5.69 Å². The summed E-state index contributed by atoms with van der Waals surface area (Å²) in [4.78, 5) is 23.5. The molecule has 0 radical (unpaired) electrons. The standard InChI is InChI=1S/C19H21NO5/c1-13-8-10-14(11-9-13)25-12-4-7-17(21)20-16-6-3-5-15(18(16)22)19(23)24-2/h3,5-6,8-11,22H,4,7,12H2,1-2H3,(H,20,21). The molecule has 1 amide bonds. The van der Waals surface area contributed by atoms with Crippen molar-refractivity contribution in [1.82, 2.24) is 0 Å². The van der Waals surface area contributed by atoms with Gasteiger partial charge < -0.3 is 19.9 Å². The summed E-state index contributed by atoms with van der Waals surface area (Å²) in [5, 5.41) is 12.6. The molecule has 6 heteroatoms. The zero-order chi connectivity index (χ0) is 18.2.